The molecule has 24 heavy (non-hydrogen) atoms. The summed E-state index contributed by atoms with van der Waals surface area (Å²) in [5.41, 5.74) is 0. The molecule has 0 bridgehead atoms. The molecule has 0 radical (unpaired) electrons. The van der Waals surface area contributed by atoms with Crippen molar-refractivity contribution in [1.82, 2.24) is 14.7 Å². The fourth-order valence-electron chi connectivity index (χ4n) is 2.98. The smallest absolute Gasteiger partial charge is 0.000997 e. The molecule has 0 aromatic rings. The van der Waals surface area contributed by atoms with Crippen molar-refractivity contribution in [1.29, 1.82) is 0 Å². The van der Waals surface area contributed by atoms with Gasteiger partial charge in [-0.05, 0) is 84.8 Å². The Bertz CT molecular complexity index is 225. The van der Waals surface area contributed by atoms with Crippen molar-refractivity contribution in [3.05, 3.63) is 0 Å². The maximum absolute atomic E-state index is 2.43. The van der Waals surface area contributed by atoms with Gasteiger partial charge >= 0.3 is 0 Å². The quantitative estimate of drug-likeness (QED) is 0.632. The van der Waals surface area contributed by atoms with E-state index in [1.807, 2.05) is 41.5 Å². The summed E-state index contributed by atoms with van der Waals surface area (Å²) in [4.78, 5) is 7.10. The second-order valence-electron chi connectivity index (χ2n) is 6.64. The Kier molecular flexibility index (Phi) is 19.3. The molecule has 4 rings (SSSR count). The molecule has 0 aromatic heterocycles. The number of piperidine rings is 1. The Morgan fingerprint density at radius 3 is 0.958 bits per heavy atom. The van der Waals surface area contributed by atoms with Crippen LogP contribution in [0.2, 0.25) is 0 Å². The summed E-state index contributed by atoms with van der Waals surface area (Å²) in [6.07, 6.45) is 5.77. The molecule has 0 amide bonds. The summed E-state index contributed by atoms with van der Waals surface area (Å²) in [6, 6.07) is 0. The summed E-state index contributed by atoms with van der Waals surface area (Å²) in [5.74, 6) is 2.23. The second-order valence-corrected chi connectivity index (χ2v) is 6.64. The van der Waals surface area contributed by atoms with E-state index in [2.05, 4.69) is 35.8 Å². The van der Waals surface area contributed by atoms with E-state index in [0.717, 1.165) is 11.8 Å². The molecule has 2 atom stereocenters. The first-order valence-corrected chi connectivity index (χ1v) is 10.7. The van der Waals surface area contributed by atoms with E-state index in [4.69, 9.17) is 0 Å². The van der Waals surface area contributed by atoms with Gasteiger partial charge in [-0.2, -0.15) is 0 Å². The molecule has 3 aliphatic heterocycles. The predicted octanol–water partition coefficient (Wildman–Crippen LogP) is 4.68. The van der Waals surface area contributed by atoms with Crippen LogP contribution >= 0.6 is 0 Å². The summed E-state index contributed by atoms with van der Waals surface area (Å²) in [5, 5.41) is 0. The van der Waals surface area contributed by atoms with E-state index in [1.165, 1.54) is 65.0 Å². The van der Waals surface area contributed by atoms with Gasteiger partial charge < -0.3 is 14.7 Å². The number of nitrogens with zero attached hydrogens (tertiary/aromatic N) is 3. The molecule has 3 saturated heterocycles. The first-order valence-electron chi connectivity index (χ1n) is 10.7. The largest absolute Gasteiger partial charge is 0.306 e. The topological polar surface area (TPSA) is 9.72 Å². The van der Waals surface area contributed by atoms with Crippen molar-refractivity contribution in [3.63, 3.8) is 0 Å². The number of fused-ring (bicyclic) bond motifs is 1. The average molecular weight is 344 g/mol. The van der Waals surface area contributed by atoms with Crippen LogP contribution in [0.15, 0.2) is 0 Å². The minimum Gasteiger partial charge on any atom is -0.306 e. The number of likely N-dealkylation sites (tertiary alicyclic amines) is 3. The third-order valence-electron chi connectivity index (χ3n) is 4.57. The molecule has 2 unspecified atom stereocenters. The maximum atomic E-state index is 2.43. The Morgan fingerprint density at radius 1 is 0.500 bits per heavy atom. The summed E-state index contributed by atoms with van der Waals surface area (Å²) in [6.45, 7) is 20.0. The number of rotatable bonds is 0. The van der Waals surface area contributed by atoms with Crippen LogP contribution in [-0.2, 0) is 0 Å². The molecule has 4 aliphatic rings. The van der Waals surface area contributed by atoms with Gasteiger partial charge in [0.05, 0.1) is 0 Å². The zero-order valence-electron chi connectivity index (χ0n) is 18.6. The van der Waals surface area contributed by atoms with Crippen LogP contribution in [0.5, 0.6) is 0 Å². The van der Waals surface area contributed by atoms with Crippen molar-refractivity contribution in [2.45, 2.75) is 67.2 Å². The molecule has 1 aliphatic carbocycles. The molecule has 148 valence electrons. The van der Waals surface area contributed by atoms with Gasteiger partial charge in [0.2, 0.25) is 0 Å². The molecule has 4 fully saturated rings. The van der Waals surface area contributed by atoms with Gasteiger partial charge in [-0.3, -0.25) is 0 Å². The van der Waals surface area contributed by atoms with Crippen LogP contribution in [-0.4, -0.2) is 75.1 Å². The minimum atomic E-state index is 1.12. The summed E-state index contributed by atoms with van der Waals surface area (Å²) < 4.78 is 0. The Morgan fingerprint density at radius 2 is 0.833 bits per heavy atom. The van der Waals surface area contributed by atoms with Gasteiger partial charge in [0.1, 0.15) is 0 Å². The van der Waals surface area contributed by atoms with Gasteiger partial charge in [-0.25, -0.2) is 0 Å². The van der Waals surface area contributed by atoms with Crippen LogP contribution in [0.25, 0.3) is 0 Å². The molecule has 0 spiro atoms. The predicted molar refractivity (Wildman–Crippen MR) is 112 cm³/mol. The second kappa shape index (κ2) is 17.7. The van der Waals surface area contributed by atoms with Crippen molar-refractivity contribution in [2.24, 2.45) is 11.8 Å². The van der Waals surface area contributed by atoms with Crippen LogP contribution in [0, 0.1) is 11.8 Å². The van der Waals surface area contributed by atoms with E-state index in [9.17, 15) is 0 Å². The van der Waals surface area contributed by atoms with Crippen LogP contribution in [0.3, 0.4) is 0 Å². The van der Waals surface area contributed by atoms with Gasteiger partial charge in [0.15, 0.2) is 0 Å². The Balaban J connectivity index is 0. The average Bonchev–Trinajstić information content (AvgIpc) is 2.98. The molecular formula is C21H49N3. The summed E-state index contributed by atoms with van der Waals surface area (Å²) in [7, 11) is 6.53. The molecule has 3 heteroatoms. The Hall–Kier alpha value is -0.120. The van der Waals surface area contributed by atoms with E-state index in [-0.39, 0.29) is 0 Å². The lowest BCUT2D eigenvalue weighted by Crippen LogP contribution is -2.32. The lowest BCUT2D eigenvalue weighted by Gasteiger charge is -2.24. The fourth-order valence-corrected chi connectivity index (χ4v) is 2.98. The van der Waals surface area contributed by atoms with Gasteiger partial charge in [-0.1, -0.05) is 41.5 Å². The van der Waals surface area contributed by atoms with Gasteiger partial charge in [-0.15, -0.1) is 0 Å². The molecule has 3 heterocycles. The van der Waals surface area contributed by atoms with Gasteiger partial charge in [0.25, 0.3) is 0 Å². The van der Waals surface area contributed by atoms with Crippen LogP contribution in [0.1, 0.15) is 67.2 Å². The number of hydrogen-bond acceptors (Lipinski definition) is 3. The molecule has 1 saturated carbocycles. The molecular weight excluding hydrogens is 294 g/mol. The number of hydrogen-bond donors (Lipinski definition) is 0. The van der Waals surface area contributed by atoms with Crippen molar-refractivity contribution in [3.8, 4) is 0 Å². The monoisotopic (exact) mass is 343 g/mol. The van der Waals surface area contributed by atoms with Crippen molar-refractivity contribution < 1.29 is 0 Å². The maximum Gasteiger partial charge on any atom is 0.000997 e. The zero-order chi connectivity index (χ0) is 19.0. The highest BCUT2D eigenvalue weighted by Crippen LogP contribution is 2.43. The highest BCUT2D eigenvalue weighted by molar-refractivity contribution is 4.95. The lowest BCUT2D eigenvalue weighted by atomic mass is 10.3. The Labute approximate surface area is 154 Å². The van der Waals surface area contributed by atoms with E-state index < -0.39 is 0 Å². The lowest BCUT2D eigenvalue weighted by molar-refractivity contribution is 0.229. The van der Waals surface area contributed by atoms with E-state index in [0.29, 0.717) is 0 Å². The molecule has 0 N–H and O–H groups in total. The third-order valence-corrected chi connectivity index (χ3v) is 4.57. The van der Waals surface area contributed by atoms with E-state index in [1.54, 1.807) is 0 Å². The SMILES string of the molecule is CC.CC.CC.CN1CC2CC2C1.CN1CCC1.CN1CCCC1. The standard InChI is InChI=1S/C6H11N.C5H11N.C4H9N.3C2H6/c1-7-3-5-2-6(5)4-7;1-6-4-2-3-5-6;1-5-3-2-4-5;3*1-2/h5-6H,2-4H2,1H3;2-5H2,1H3;2-4H2,1H3;3*1-2H3. The first-order chi connectivity index (χ1) is 11.6. The third kappa shape index (κ3) is 13.2. The van der Waals surface area contributed by atoms with Crippen molar-refractivity contribution in [2.75, 3.05) is 60.4 Å². The molecule has 0 aromatic carbocycles. The highest BCUT2D eigenvalue weighted by atomic mass is 15.1. The zero-order valence-corrected chi connectivity index (χ0v) is 18.6. The minimum absolute atomic E-state index is 1.12. The fraction of sp³-hybridized carbons (Fsp3) is 1.00. The molecule has 3 nitrogen and oxygen atoms in total. The summed E-state index contributed by atoms with van der Waals surface area (Å²) >= 11 is 0. The van der Waals surface area contributed by atoms with Crippen LogP contribution < -0.4 is 0 Å². The van der Waals surface area contributed by atoms with Gasteiger partial charge in [0, 0.05) is 13.1 Å². The normalized spacial score (nSPS) is 26.9. The highest BCUT2D eigenvalue weighted by Gasteiger charge is 2.43. The van der Waals surface area contributed by atoms with Crippen LogP contribution in [0.4, 0.5) is 0 Å². The first kappa shape index (κ1) is 26.1. The van der Waals surface area contributed by atoms with Crippen molar-refractivity contribution >= 4 is 0 Å². The van der Waals surface area contributed by atoms with E-state index >= 15 is 0 Å².